The van der Waals surface area contributed by atoms with Gasteiger partial charge in [-0.25, -0.2) is 0 Å². The molecule has 0 spiro atoms. The van der Waals surface area contributed by atoms with Crippen LogP contribution in [0.4, 0.5) is 0 Å². The van der Waals surface area contributed by atoms with Gasteiger partial charge < -0.3 is 14.8 Å². The lowest BCUT2D eigenvalue weighted by atomic mass is 9.90. The highest BCUT2D eigenvalue weighted by atomic mass is 16.5. The molecule has 0 radical (unpaired) electrons. The van der Waals surface area contributed by atoms with E-state index in [4.69, 9.17) is 9.47 Å². The van der Waals surface area contributed by atoms with Crippen molar-refractivity contribution in [1.82, 2.24) is 5.32 Å². The van der Waals surface area contributed by atoms with E-state index in [-0.39, 0.29) is 11.5 Å². The predicted octanol–water partition coefficient (Wildman–Crippen LogP) is 4.83. The van der Waals surface area contributed by atoms with Crippen LogP contribution in [0.5, 0.6) is 5.75 Å². The maximum atomic E-state index is 12.0. The van der Waals surface area contributed by atoms with Crippen molar-refractivity contribution in [3.05, 3.63) is 64.7 Å². The van der Waals surface area contributed by atoms with Crippen LogP contribution in [-0.4, -0.2) is 31.8 Å². The Bertz CT molecular complexity index is 844. The summed E-state index contributed by atoms with van der Waals surface area (Å²) in [5.41, 5.74) is 4.88. The fraction of sp³-hybridized carbons (Fsp3) is 0.500. The quantitative estimate of drug-likeness (QED) is 0.572. The molecule has 30 heavy (non-hydrogen) atoms. The van der Waals surface area contributed by atoms with Gasteiger partial charge in [0.15, 0.2) is 0 Å². The first-order valence-electron chi connectivity index (χ1n) is 11.0. The van der Waals surface area contributed by atoms with Gasteiger partial charge in [0, 0.05) is 39.5 Å². The Morgan fingerprint density at radius 2 is 1.90 bits per heavy atom. The van der Waals surface area contributed by atoms with E-state index in [1.807, 2.05) is 0 Å². The molecule has 0 aromatic heterocycles. The summed E-state index contributed by atoms with van der Waals surface area (Å²) in [5, 5.41) is 2.95. The number of rotatable bonds is 10. The molecule has 1 atom stereocenters. The summed E-state index contributed by atoms with van der Waals surface area (Å²) in [5.74, 6) is 1.62. The van der Waals surface area contributed by atoms with E-state index in [0.717, 1.165) is 31.4 Å². The van der Waals surface area contributed by atoms with Gasteiger partial charge in [0.05, 0.1) is 0 Å². The molecule has 1 amide bonds. The number of fused-ring (bicyclic) bond motifs is 1. The Hall–Kier alpha value is -2.33. The van der Waals surface area contributed by atoms with Crippen LogP contribution in [0.3, 0.4) is 0 Å². The molecule has 4 nitrogen and oxygen atoms in total. The van der Waals surface area contributed by atoms with Gasteiger partial charge in [-0.2, -0.15) is 0 Å². The molecular weight excluding hydrogens is 374 g/mol. The molecule has 162 valence electrons. The monoisotopic (exact) mass is 409 g/mol. The molecule has 0 saturated carbocycles. The lowest BCUT2D eigenvalue weighted by molar-refractivity contribution is -0.121. The van der Waals surface area contributed by atoms with Crippen LogP contribution >= 0.6 is 0 Å². The highest BCUT2D eigenvalue weighted by molar-refractivity contribution is 5.76. The van der Waals surface area contributed by atoms with Gasteiger partial charge in [-0.1, -0.05) is 50.2 Å². The number of hydrogen-bond donors (Lipinski definition) is 1. The average molecular weight is 410 g/mol. The van der Waals surface area contributed by atoms with Crippen LogP contribution < -0.4 is 10.1 Å². The minimum absolute atomic E-state index is 0.0949. The second-order valence-electron chi connectivity index (χ2n) is 8.94. The first-order valence-corrected chi connectivity index (χ1v) is 11.0. The number of carbonyl (C=O) groups excluding carboxylic acids is 1. The van der Waals surface area contributed by atoms with Gasteiger partial charge in [0.25, 0.3) is 0 Å². The highest BCUT2D eigenvalue weighted by Crippen LogP contribution is 2.37. The van der Waals surface area contributed by atoms with Crippen LogP contribution in [0, 0.1) is 0 Å². The smallest absolute Gasteiger partial charge is 0.220 e. The number of hydrogen-bond acceptors (Lipinski definition) is 3. The zero-order valence-electron chi connectivity index (χ0n) is 18.8. The van der Waals surface area contributed by atoms with Crippen molar-refractivity contribution in [2.24, 2.45) is 0 Å². The molecule has 0 fully saturated rings. The summed E-state index contributed by atoms with van der Waals surface area (Å²) in [6, 6.07) is 15.3. The van der Waals surface area contributed by atoms with Crippen LogP contribution in [0.1, 0.15) is 61.8 Å². The van der Waals surface area contributed by atoms with E-state index in [2.05, 4.69) is 68.6 Å². The van der Waals surface area contributed by atoms with Gasteiger partial charge in [-0.15, -0.1) is 0 Å². The number of amides is 1. The Morgan fingerprint density at radius 1 is 1.17 bits per heavy atom. The molecule has 2 aromatic rings. The Morgan fingerprint density at radius 3 is 2.60 bits per heavy atom. The minimum Gasteiger partial charge on any atom is -0.487 e. The third kappa shape index (κ3) is 6.09. The molecule has 1 N–H and O–H groups in total. The van der Waals surface area contributed by atoms with E-state index in [1.54, 1.807) is 7.11 Å². The summed E-state index contributed by atoms with van der Waals surface area (Å²) in [6.07, 6.45) is 3.88. The van der Waals surface area contributed by atoms with Gasteiger partial charge in [0.1, 0.15) is 11.4 Å². The van der Waals surface area contributed by atoms with E-state index in [0.29, 0.717) is 25.5 Å². The number of carbonyl (C=O) groups is 1. The van der Waals surface area contributed by atoms with Crippen LogP contribution in [0.15, 0.2) is 42.5 Å². The van der Waals surface area contributed by atoms with E-state index < -0.39 is 0 Å². The van der Waals surface area contributed by atoms with Crippen LogP contribution in [0.25, 0.3) is 0 Å². The number of nitrogens with one attached hydrogen (secondary N) is 1. The molecule has 1 heterocycles. The molecule has 1 aliphatic heterocycles. The van der Waals surface area contributed by atoms with Crippen molar-refractivity contribution in [3.8, 4) is 5.75 Å². The summed E-state index contributed by atoms with van der Waals surface area (Å²) in [4.78, 5) is 12.0. The second-order valence-corrected chi connectivity index (χ2v) is 8.94. The topological polar surface area (TPSA) is 47.6 Å². The molecule has 2 aromatic carbocycles. The first-order chi connectivity index (χ1) is 14.4. The van der Waals surface area contributed by atoms with Crippen molar-refractivity contribution in [3.63, 3.8) is 0 Å². The largest absolute Gasteiger partial charge is 0.487 e. The number of benzene rings is 2. The third-order valence-electron chi connectivity index (χ3n) is 5.76. The lowest BCUT2D eigenvalue weighted by Crippen LogP contribution is -2.32. The maximum absolute atomic E-state index is 12.0. The molecule has 4 heteroatoms. The molecule has 0 saturated heterocycles. The Balaban J connectivity index is 1.54. The number of methoxy groups -OCH3 is 1. The van der Waals surface area contributed by atoms with E-state index >= 15 is 0 Å². The van der Waals surface area contributed by atoms with Crippen LogP contribution in [-0.2, 0) is 28.8 Å². The molecule has 0 aliphatic carbocycles. The van der Waals surface area contributed by atoms with Crippen molar-refractivity contribution >= 4 is 5.91 Å². The maximum Gasteiger partial charge on any atom is 0.220 e. The zero-order chi connectivity index (χ0) is 21.6. The number of ether oxygens (including phenoxy) is 2. The van der Waals surface area contributed by atoms with Gasteiger partial charge >= 0.3 is 0 Å². The van der Waals surface area contributed by atoms with Gasteiger partial charge in [0.2, 0.25) is 5.91 Å². The standard InChI is InChI=1S/C26H35NO3/c1-19(2)22-10-6-21(7-11-22)17-26(3)18-23-16-20(8-12-24(23)30-26)9-13-25(28)27-14-5-15-29-4/h6-8,10-12,16,19H,5,9,13-15,17-18H2,1-4H3,(H,27,28)/t26-/m1/s1. The SMILES string of the molecule is COCCCNC(=O)CCc1ccc2c(c1)C[C@@](C)(Cc1ccc(C(C)C)cc1)O2. The summed E-state index contributed by atoms with van der Waals surface area (Å²) in [7, 11) is 1.67. The van der Waals surface area contributed by atoms with Gasteiger partial charge in [-0.3, -0.25) is 4.79 Å². The third-order valence-corrected chi connectivity index (χ3v) is 5.76. The molecular formula is C26H35NO3. The molecule has 1 aliphatic rings. The van der Waals surface area contributed by atoms with E-state index in [1.165, 1.54) is 22.3 Å². The first kappa shape index (κ1) is 22.4. The van der Waals surface area contributed by atoms with Gasteiger partial charge in [-0.05, 0) is 54.0 Å². The summed E-state index contributed by atoms with van der Waals surface area (Å²) in [6.45, 7) is 7.97. The fourth-order valence-corrected chi connectivity index (χ4v) is 4.07. The number of aryl methyl sites for hydroxylation is 1. The van der Waals surface area contributed by atoms with Crippen molar-refractivity contribution in [1.29, 1.82) is 0 Å². The van der Waals surface area contributed by atoms with Crippen molar-refractivity contribution in [2.75, 3.05) is 20.3 Å². The predicted molar refractivity (Wildman–Crippen MR) is 121 cm³/mol. The lowest BCUT2D eigenvalue weighted by Gasteiger charge is -2.24. The zero-order valence-corrected chi connectivity index (χ0v) is 18.8. The second kappa shape index (κ2) is 10.1. The Kier molecular flexibility index (Phi) is 7.54. The summed E-state index contributed by atoms with van der Waals surface area (Å²) >= 11 is 0. The van der Waals surface area contributed by atoms with E-state index in [9.17, 15) is 4.79 Å². The molecule has 0 bridgehead atoms. The van der Waals surface area contributed by atoms with Crippen molar-refractivity contribution in [2.45, 2.75) is 64.4 Å². The molecule has 3 rings (SSSR count). The minimum atomic E-state index is -0.223. The Labute approximate surface area is 181 Å². The molecule has 0 unspecified atom stereocenters. The average Bonchev–Trinajstić information content (AvgIpc) is 3.05. The van der Waals surface area contributed by atoms with Crippen molar-refractivity contribution < 1.29 is 14.3 Å². The fourth-order valence-electron chi connectivity index (χ4n) is 4.07. The summed E-state index contributed by atoms with van der Waals surface area (Å²) < 4.78 is 11.3. The normalized spacial score (nSPS) is 17.6. The van der Waals surface area contributed by atoms with Crippen LogP contribution in [0.2, 0.25) is 0 Å². The highest BCUT2D eigenvalue weighted by Gasteiger charge is 2.35.